The molecule has 7 heteroatoms. The molecule has 3 aromatic heterocycles. The zero-order valence-electron chi connectivity index (χ0n) is 14.2. The molecule has 0 radical (unpaired) electrons. The highest BCUT2D eigenvalue weighted by atomic mass is 28.3. The molecule has 24 heavy (non-hydrogen) atoms. The molecule has 0 saturated heterocycles. The summed E-state index contributed by atoms with van der Waals surface area (Å²) in [6.45, 7) is 8.04. The Morgan fingerprint density at radius 3 is 2.75 bits per heavy atom. The number of aromatic nitrogens is 4. The number of fused-ring (bicyclic) bond motifs is 1. The monoisotopic (exact) mass is 344 g/mol. The van der Waals surface area contributed by atoms with Gasteiger partial charge in [-0.25, -0.2) is 9.67 Å². The molecule has 0 atom stereocenters. The first-order valence-electron chi connectivity index (χ1n) is 7.95. The number of hydrogen-bond donors (Lipinski definition) is 0. The van der Waals surface area contributed by atoms with Crippen LogP contribution in [-0.2, 0) is 11.5 Å². The molecule has 126 valence electrons. The Hall–Kier alpha value is -2.12. The average Bonchev–Trinajstić information content (AvgIpc) is 2.90. The van der Waals surface area contributed by atoms with Crippen LogP contribution in [-0.4, -0.2) is 34.4 Å². The van der Waals surface area contributed by atoms with E-state index in [1.54, 1.807) is 16.9 Å². The van der Waals surface area contributed by atoms with E-state index in [1.807, 2.05) is 12.1 Å². The third kappa shape index (κ3) is 3.85. The largest absolute Gasteiger partial charge is 0.360 e. The minimum absolute atomic E-state index is 0.361. The molecule has 3 heterocycles. The quantitative estimate of drug-likeness (QED) is 0.386. The van der Waals surface area contributed by atoms with Crippen LogP contribution in [0.15, 0.2) is 36.7 Å². The van der Waals surface area contributed by atoms with Crippen molar-refractivity contribution in [2.75, 3.05) is 6.61 Å². The predicted molar refractivity (Wildman–Crippen MR) is 94.8 cm³/mol. The molecule has 3 aromatic rings. The topological polar surface area (TPSA) is 52.8 Å². The highest BCUT2D eigenvalue weighted by Crippen LogP contribution is 2.26. The molecule has 0 aliphatic carbocycles. The van der Waals surface area contributed by atoms with Crippen LogP contribution >= 0.6 is 0 Å². The van der Waals surface area contributed by atoms with Gasteiger partial charge >= 0.3 is 0 Å². The van der Waals surface area contributed by atoms with Gasteiger partial charge in [0.1, 0.15) is 17.9 Å². The molecule has 0 aliphatic heterocycles. The lowest BCUT2D eigenvalue weighted by Gasteiger charge is -2.15. The molecule has 0 amide bonds. The molecule has 0 spiro atoms. The van der Waals surface area contributed by atoms with Crippen LogP contribution in [0.25, 0.3) is 22.3 Å². The standard InChI is InChI=1S/C17H21FN4OSi/c1-24(2,3)10-9-23-12-22-14-5-4-7-20-17(14)16(21-22)13-6-8-19-15(18)11-13/h4-8,11H,9-10,12H2,1-3H3. The summed E-state index contributed by atoms with van der Waals surface area (Å²) in [5.41, 5.74) is 2.90. The molecule has 0 aromatic carbocycles. The Labute approximate surface area is 141 Å². The predicted octanol–water partition coefficient (Wildman–Crippen LogP) is 3.94. The highest BCUT2D eigenvalue weighted by Gasteiger charge is 2.15. The van der Waals surface area contributed by atoms with Crippen LogP contribution in [0.2, 0.25) is 25.7 Å². The Bertz CT molecular complexity index is 844. The lowest BCUT2D eigenvalue weighted by Crippen LogP contribution is -2.22. The van der Waals surface area contributed by atoms with E-state index in [2.05, 4.69) is 34.7 Å². The SMILES string of the molecule is C[Si](C)(C)CCOCn1nc(-c2ccnc(F)c2)c2ncccc21. The Morgan fingerprint density at radius 2 is 2.00 bits per heavy atom. The van der Waals surface area contributed by atoms with Crippen LogP contribution in [0.5, 0.6) is 0 Å². The normalized spacial score (nSPS) is 12.0. The zero-order valence-corrected chi connectivity index (χ0v) is 15.2. The van der Waals surface area contributed by atoms with Gasteiger partial charge in [-0.3, -0.25) is 4.98 Å². The lowest BCUT2D eigenvalue weighted by atomic mass is 10.2. The molecule has 5 nitrogen and oxygen atoms in total. The van der Waals surface area contributed by atoms with Gasteiger partial charge in [0.2, 0.25) is 5.95 Å². The maximum Gasteiger partial charge on any atom is 0.213 e. The third-order valence-electron chi connectivity index (χ3n) is 3.72. The Morgan fingerprint density at radius 1 is 1.17 bits per heavy atom. The van der Waals surface area contributed by atoms with Gasteiger partial charge in [0.05, 0.1) is 5.52 Å². The van der Waals surface area contributed by atoms with Crippen molar-refractivity contribution in [2.45, 2.75) is 32.4 Å². The van der Waals surface area contributed by atoms with Crippen molar-refractivity contribution in [3.8, 4) is 11.3 Å². The molecule has 0 fully saturated rings. The molecular weight excluding hydrogens is 323 g/mol. The second kappa shape index (κ2) is 6.78. The highest BCUT2D eigenvalue weighted by molar-refractivity contribution is 6.76. The maximum atomic E-state index is 13.4. The van der Waals surface area contributed by atoms with Crippen molar-refractivity contribution in [1.82, 2.24) is 19.7 Å². The smallest absolute Gasteiger partial charge is 0.213 e. The van der Waals surface area contributed by atoms with Gasteiger partial charge in [-0.05, 0) is 24.2 Å². The summed E-state index contributed by atoms with van der Waals surface area (Å²) in [7, 11) is -1.12. The van der Waals surface area contributed by atoms with Crippen molar-refractivity contribution < 1.29 is 9.13 Å². The maximum absolute atomic E-state index is 13.4. The first-order valence-corrected chi connectivity index (χ1v) is 11.7. The van der Waals surface area contributed by atoms with E-state index in [-0.39, 0.29) is 0 Å². The van der Waals surface area contributed by atoms with E-state index in [0.717, 1.165) is 23.7 Å². The van der Waals surface area contributed by atoms with Crippen molar-refractivity contribution in [2.24, 2.45) is 0 Å². The van der Waals surface area contributed by atoms with Crippen molar-refractivity contribution >= 4 is 19.1 Å². The van der Waals surface area contributed by atoms with E-state index in [0.29, 0.717) is 18.0 Å². The molecule has 0 bridgehead atoms. The average molecular weight is 344 g/mol. The van der Waals surface area contributed by atoms with Crippen LogP contribution in [0, 0.1) is 5.95 Å². The van der Waals surface area contributed by atoms with E-state index >= 15 is 0 Å². The Kier molecular flexibility index (Phi) is 4.73. The van der Waals surface area contributed by atoms with E-state index in [1.165, 1.54) is 12.3 Å². The number of ether oxygens (including phenoxy) is 1. The molecular formula is C17H21FN4OSi. The summed E-state index contributed by atoms with van der Waals surface area (Å²) in [6.07, 6.45) is 3.14. The second-order valence-corrected chi connectivity index (χ2v) is 12.6. The summed E-state index contributed by atoms with van der Waals surface area (Å²) in [4.78, 5) is 7.99. The van der Waals surface area contributed by atoms with E-state index in [4.69, 9.17) is 4.74 Å². The number of halogens is 1. The second-order valence-electron chi connectivity index (χ2n) is 6.93. The molecule has 3 rings (SSSR count). The van der Waals surface area contributed by atoms with Crippen LogP contribution in [0.3, 0.4) is 0 Å². The number of pyridine rings is 2. The van der Waals surface area contributed by atoms with Crippen molar-refractivity contribution in [3.05, 3.63) is 42.6 Å². The first kappa shape index (κ1) is 16.7. The van der Waals surface area contributed by atoms with E-state index in [9.17, 15) is 4.39 Å². The van der Waals surface area contributed by atoms with Crippen LogP contribution in [0.4, 0.5) is 4.39 Å². The fourth-order valence-corrected chi connectivity index (χ4v) is 3.14. The molecule has 0 saturated carbocycles. The molecule has 0 aliphatic rings. The van der Waals surface area contributed by atoms with Gasteiger partial charge < -0.3 is 4.74 Å². The Balaban J connectivity index is 1.87. The number of nitrogens with zero attached hydrogens (tertiary/aromatic N) is 4. The fourth-order valence-electron chi connectivity index (χ4n) is 2.38. The van der Waals surface area contributed by atoms with Gasteiger partial charge in [-0.2, -0.15) is 9.49 Å². The van der Waals surface area contributed by atoms with Gasteiger partial charge in [0, 0.05) is 38.7 Å². The van der Waals surface area contributed by atoms with Crippen molar-refractivity contribution in [3.63, 3.8) is 0 Å². The summed E-state index contributed by atoms with van der Waals surface area (Å²) in [5, 5.41) is 4.58. The van der Waals surface area contributed by atoms with E-state index < -0.39 is 14.0 Å². The van der Waals surface area contributed by atoms with Gasteiger partial charge in [0.25, 0.3) is 0 Å². The van der Waals surface area contributed by atoms with Crippen molar-refractivity contribution in [1.29, 1.82) is 0 Å². The van der Waals surface area contributed by atoms with Gasteiger partial charge in [0.15, 0.2) is 0 Å². The lowest BCUT2D eigenvalue weighted by molar-refractivity contribution is 0.0818. The first-order chi connectivity index (χ1) is 11.4. The van der Waals surface area contributed by atoms with Gasteiger partial charge in [-0.1, -0.05) is 19.6 Å². The van der Waals surface area contributed by atoms with Crippen LogP contribution in [0.1, 0.15) is 0 Å². The summed E-state index contributed by atoms with van der Waals surface area (Å²) < 4.78 is 21.0. The number of hydrogen-bond acceptors (Lipinski definition) is 4. The summed E-state index contributed by atoms with van der Waals surface area (Å²) in [5.74, 6) is -0.530. The van der Waals surface area contributed by atoms with Crippen LogP contribution < -0.4 is 0 Å². The third-order valence-corrected chi connectivity index (χ3v) is 5.42. The fraction of sp³-hybridized carbons (Fsp3) is 0.353. The minimum atomic E-state index is -1.12. The zero-order chi connectivity index (χ0) is 17.2. The summed E-state index contributed by atoms with van der Waals surface area (Å²) >= 11 is 0. The minimum Gasteiger partial charge on any atom is -0.360 e. The molecule has 0 unspecified atom stereocenters. The number of rotatable bonds is 6. The molecule has 0 N–H and O–H groups in total. The van der Waals surface area contributed by atoms with Gasteiger partial charge in [-0.15, -0.1) is 0 Å². The summed E-state index contributed by atoms with van der Waals surface area (Å²) in [6, 6.07) is 8.01.